The monoisotopic (exact) mass is 447 g/mol. The number of carboxylic acid groups (broad SMARTS) is 1. The second-order valence-corrected chi connectivity index (χ2v) is 9.70. The molecule has 0 saturated carbocycles. The van der Waals surface area contributed by atoms with E-state index >= 15 is 0 Å². The molecule has 2 aromatic rings. The molecule has 2 aromatic carbocycles. The van der Waals surface area contributed by atoms with E-state index in [-0.39, 0.29) is 16.2 Å². The highest BCUT2D eigenvalue weighted by Gasteiger charge is 2.25. The third-order valence-corrected chi connectivity index (χ3v) is 6.15. The molecular weight excluding hydrogens is 414 g/mol. The van der Waals surface area contributed by atoms with Crippen molar-refractivity contribution in [2.45, 2.75) is 57.3 Å². The van der Waals surface area contributed by atoms with Gasteiger partial charge in [-0.1, -0.05) is 57.7 Å². The summed E-state index contributed by atoms with van der Waals surface area (Å²) in [6.45, 7) is 5.65. The van der Waals surface area contributed by atoms with Gasteiger partial charge in [-0.25, -0.2) is 13.2 Å². The minimum atomic E-state index is -3.73. The Labute approximate surface area is 185 Å². The summed E-state index contributed by atoms with van der Waals surface area (Å²) in [5.41, 5.74) is 0.447. The van der Waals surface area contributed by atoms with E-state index in [4.69, 9.17) is 4.74 Å². The number of aromatic carboxylic acids is 1. The maximum Gasteiger partial charge on any atom is 0.335 e. The van der Waals surface area contributed by atoms with Gasteiger partial charge in [-0.15, -0.1) is 0 Å². The lowest BCUT2D eigenvalue weighted by Crippen LogP contribution is -2.27. The zero-order valence-corrected chi connectivity index (χ0v) is 19.5. The van der Waals surface area contributed by atoms with Crippen molar-refractivity contribution in [1.82, 2.24) is 0 Å². The van der Waals surface area contributed by atoms with E-state index in [0.717, 1.165) is 44.8 Å². The lowest BCUT2D eigenvalue weighted by atomic mass is 10.1. The molecule has 7 heteroatoms. The van der Waals surface area contributed by atoms with Crippen molar-refractivity contribution in [1.29, 1.82) is 0 Å². The number of sulfone groups is 1. The van der Waals surface area contributed by atoms with Gasteiger partial charge in [0.05, 0.1) is 11.3 Å². The Morgan fingerprint density at radius 2 is 1.55 bits per heavy atom. The lowest BCUT2D eigenvalue weighted by molar-refractivity contribution is 0.0696. The van der Waals surface area contributed by atoms with Gasteiger partial charge in [-0.3, -0.25) is 0 Å². The molecule has 31 heavy (non-hydrogen) atoms. The van der Waals surface area contributed by atoms with Crippen LogP contribution >= 0.6 is 0 Å². The first-order chi connectivity index (χ1) is 14.8. The minimum Gasteiger partial charge on any atom is -0.478 e. The van der Waals surface area contributed by atoms with Crippen LogP contribution in [-0.4, -0.2) is 38.8 Å². The van der Waals surface area contributed by atoms with Gasteiger partial charge in [-0.05, 0) is 37.1 Å². The molecule has 170 valence electrons. The Hall–Kier alpha value is -2.54. The van der Waals surface area contributed by atoms with Crippen LogP contribution in [0.2, 0.25) is 0 Å². The number of ether oxygens (including phenoxy) is 1. The molecule has 0 amide bonds. The van der Waals surface area contributed by atoms with Crippen LogP contribution < -0.4 is 9.64 Å². The van der Waals surface area contributed by atoms with Gasteiger partial charge < -0.3 is 14.7 Å². The van der Waals surface area contributed by atoms with Gasteiger partial charge in [0.25, 0.3) is 0 Å². The number of carboxylic acids is 1. The Morgan fingerprint density at radius 1 is 0.968 bits per heavy atom. The molecular formula is C24H33NO5S. The Morgan fingerprint density at radius 3 is 2.03 bits per heavy atom. The van der Waals surface area contributed by atoms with Gasteiger partial charge >= 0.3 is 5.97 Å². The number of carbonyl (C=O) groups is 1. The summed E-state index contributed by atoms with van der Waals surface area (Å²) < 4.78 is 31.3. The summed E-state index contributed by atoms with van der Waals surface area (Å²) in [5.74, 6) is -0.482. The maximum absolute atomic E-state index is 12.6. The van der Waals surface area contributed by atoms with Crippen LogP contribution in [-0.2, 0) is 9.84 Å². The number of unbranched alkanes of at least 4 members (excludes halogenated alkanes) is 4. The molecule has 0 aliphatic rings. The standard InChI is InChI=1S/C24H33NO5S/c1-4-6-11-15-25(16-12-7-5-2)21-17-19(24(26)27)18-22(31(3,28)29)23(21)30-20-13-9-8-10-14-20/h8-10,13-14,17-18H,4-7,11-12,15-16H2,1-3H3,(H,26,27). The third-order valence-electron chi connectivity index (χ3n) is 5.05. The van der Waals surface area contributed by atoms with Crippen molar-refractivity contribution in [3.63, 3.8) is 0 Å². The fourth-order valence-electron chi connectivity index (χ4n) is 3.39. The molecule has 0 radical (unpaired) electrons. The summed E-state index contributed by atoms with van der Waals surface area (Å²) in [6, 6.07) is 11.7. The average Bonchev–Trinajstić information content (AvgIpc) is 2.73. The van der Waals surface area contributed by atoms with Gasteiger partial charge in [0.1, 0.15) is 10.6 Å². The van der Waals surface area contributed by atoms with Crippen LogP contribution in [0.15, 0.2) is 47.4 Å². The molecule has 1 N–H and O–H groups in total. The van der Waals surface area contributed by atoms with Crippen LogP contribution in [0.4, 0.5) is 5.69 Å². The molecule has 0 aliphatic heterocycles. The van der Waals surface area contributed by atoms with E-state index in [1.165, 1.54) is 12.1 Å². The number of nitrogens with zero attached hydrogens (tertiary/aromatic N) is 1. The first-order valence-corrected chi connectivity index (χ1v) is 12.8. The SMILES string of the molecule is CCCCCN(CCCCC)c1cc(C(=O)O)cc(S(C)(=O)=O)c1Oc1ccccc1. The Bertz CT molecular complexity index is 947. The molecule has 0 fully saturated rings. The summed E-state index contributed by atoms with van der Waals surface area (Å²) in [7, 11) is -3.73. The van der Waals surface area contributed by atoms with Crippen molar-refractivity contribution >= 4 is 21.5 Å². The highest BCUT2D eigenvalue weighted by Crippen LogP contribution is 2.40. The van der Waals surface area contributed by atoms with Crippen LogP contribution in [0, 0.1) is 0 Å². The van der Waals surface area contributed by atoms with Gasteiger partial charge in [-0.2, -0.15) is 0 Å². The van der Waals surface area contributed by atoms with Crippen molar-refractivity contribution in [3.05, 3.63) is 48.0 Å². The molecule has 0 saturated heterocycles. The Balaban J connectivity index is 2.65. The molecule has 6 nitrogen and oxygen atoms in total. The number of hydrogen-bond acceptors (Lipinski definition) is 5. The van der Waals surface area contributed by atoms with E-state index in [1.807, 2.05) is 6.07 Å². The van der Waals surface area contributed by atoms with Gasteiger partial charge in [0.2, 0.25) is 0 Å². The number of para-hydroxylation sites is 1. The summed E-state index contributed by atoms with van der Waals surface area (Å²) in [5, 5.41) is 9.64. The van der Waals surface area contributed by atoms with E-state index in [1.54, 1.807) is 24.3 Å². The smallest absolute Gasteiger partial charge is 0.335 e. The van der Waals surface area contributed by atoms with Gasteiger partial charge in [0.15, 0.2) is 15.6 Å². The van der Waals surface area contributed by atoms with Gasteiger partial charge in [0, 0.05) is 19.3 Å². The molecule has 0 unspecified atom stereocenters. The van der Waals surface area contributed by atoms with Crippen LogP contribution in [0.1, 0.15) is 62.7 Å². The molecule has 0 aliphatic carbocycles. The van der Waals surface area contributed by atoms with E-state index in [0.29, 0.717) is 24.5 Å². The number of hydrogen-bond donors (Lipinski definition) is 1. The second-order valence-electron chi connectivity index (χ2n) is 7.72. The van der Waals surface area contributed by atoms with Crippen LogP contribution in [0.3, 0.4) is 0 Å². The average molecular weight is 448 g/mol. The van der Waals surface area contributed by atoms with E-state index in [9.17, 15) is 18.3 Å². The molecule has 0 bridgehead atoms. The number of anilines is 1. The summed E-state index contributed by atoms with van der Waals surface area (Å²) in [6.07, 6.45) is 7.12. The highest BCUT2D eigenvalue weighted by atomic mass is 32.2. The quantitative estimate of drug-likeness (QED) is 0.393. The second kappa shape index (κ2) is 11.7. The zero-order chi connectivity index (χ0) is 22.9. The Kier molecular flexibility index (Phi) is 9.37. The summed E-state index contributed by atoms with van der Waals surface area (Å²) in [4.78, 5) is 13.8. The lowest BCUT2D eigenvalue weighted by Gasteiger charge is -2.28. The molecule has 0 aromatic heterocycles. The zero-order valence-electron chi connectivity index (χ0n) is 18.6. The number of benzene rings is 2. The fourth-order valence-corrected chi connectivity index (χ4v) is 4.21. The highest BCUT2D eigenvalue weighted by molar-refractivity contribution is 7.90. The van der Waals surface area contributed by atoms with Crippen molar-refractivity contribution in [2.75, 3.05) is 24.2 Å². The molecule has 0 heterocycles. The normalized spacial score (nSPS) is 11.3. The number of rotatable bonds is 13. The third kappa shape index (κ3) is 7.28. The van der Waals surface area contributed by atoms with E-state index in [2.05, 4.69) is 18.7 Å². The van der Waals surface area contributed by atoms with Crippen molar-refractivity contribution in [2.24, 2.45) is 0 Å². The molecule has 0 atom stereocenters. The largest absolute Gasteiger partial charge is 0.478 e. The fraction of sp³-hybridized carbons (Fsp3) is 0.458. The van der Waals surface area contributed by atoms with Crippen molar-refractivity contribution < 1.29 is 23.1 Å². The first-order valence-electron chi connectivity index (χ1n) is 10.9. The van der Waals surface area contributed by atoms with Crippen LogP contribution in [0.5, 0.6) is 11.5 Å². The molecule has 2 rings (SSSR count). The van der Waals surface area contributed by atoms with Crippen molar-refractivity contribution in [3.8, 4) is 11.5 Å². The minimum absolute atomic E-state index is 0.0631. The predicted octanol–water partition coefficient (Wildman–Crippen LogP) is 5.77. The van der Waals surface area contributed by atoms with E-state index < -0.39 is 15.8 Å². The first kappa shape index (κ1) is 24.7. The topological polar surface area (TPSA) is 83.9 Å². The molecule has 0 spiro atoms. The van der Waals surface area contributed by atoms with Crippen LogP contribution in [0.25, 0.3) is 0 Å². The predicted molar refractivity (Wildman–Crippen MR) is 124 cm³/mol. The maximum atomic E-state index is 12.6. The summed E-state index contributed by atoms with van der Waals surface area (Å²) >= 11 is 0.